The van der Waals surface area contributed by atoms with E-state index in [1.807, 2.05) is 37.4 Å². The molecule has 4 heterocycles. The summed E-state index contributed by atoms with van der Waals surface area (Å²) in [5, 5.41) is 2.26. The Morgan fingerprint density at radius 3 is 2.64 bits per heavy atom. The Morgan fingerprint density at radius 2 is 1.76 bits per heavy atom. The molecule has 2 aromatic carbocycles. The summed E-state index contributed by atoms with van der Waals surface area (Å²) in [7, 11) is 0. The van der Waals surface area contributed by atoms with Gasteiger partial charge < -0.3 is 9.72 Å². The normalized spacial score (nSPS) is 11.5. The number of aromatic nitrogens is 4. The van der Waals surface area contributed by atoms with Crippen LogP contribution in [-0.2, 0) is 0 Å². The number of nitrogens with zero attached hydrogens (tertiary/aromatic N) is 3. The van der Waals surface area contributed by atoms with Crippen LogP contribution in [-0.4, -0.2) is 19.5 Å². The van der Waals surface area contributed by atoms with Gasteiger partial charge in [0, 0.05) is 41.4 Å². The van der Waals surface area contributed by atoms with E-state index in [9.17, 15) is 4.79 Å². The van der Waals surface area contributed by atoms with E-state index in [0.29, 0.717) is 22.7 Å². The molecule has 6 nitrogen and oxygen atoms in total. The maximum Gasteiger partial charge on any atom is 0.220 e. The fourth-order valence-electron chi connectivity index (χ4n) is 4.39. The van der Waals surface area contributed by atoms with Crippen molar-refractivity contribution in [3.8, 4) is 17.4 Å². The number of hydrogen-bond donors (Lipinski definition) is 1. The van der Waals surface area contributed by atoms with Gasteiger partial charge in [-0.3, -0.25) is 9.36 Å². The van der Waals surface area contributed by atoms with Crippen molar-refractivity contribution >= 4 is 32.8 Å². The Morgan fingerprint density at radius 1 is 0.909 bits per heavy atom. The molecule has 6 heteroatoms. The number of benzene rings is 2. The molecule has 0 aliphatic rings. The lowest BCUT2D eigenvalue weighted by Crippen LogP contribution is -2.03. The highest BCUT2D eigenvalue weighted by atomic mass is 16.5. The van der Waals surface area contributed by atoms with Gasteiger partial charge in [0.15, 0.2) is 0 Å². The number of H-pyrrole nitrogens is 1. The molecule has 6 aromatic rings. The Balaban J connectivity index is 1.54. The zero-order chi connectivity index (χ0) is 22.5. The number of ether oxygens (including phenoxy) is 1. The highest BCUT2D eigenvalue weighted by Gasteiger charge is 2.15. The second kappa shape index (κ2) is 7.31. The van der Waals surface area contributed by atoms with Gasteiger partial charge in [-0.1, -0.05) is 24.3 Å². The minimum absolute atomic E-state index is 0.148. The molecule has 33 heavy (non-hydrogen) atoms. The molecule has 0 bridgehead atoms. The maximum absolute atomic E-state index is 12.2. The van der Waals surface area contributed by atoms with Gasteiger partial charge in [-0.15, -0.1) is 0 Å². The van der Waals surface area contributed by atoms with Gasteiger partial charge in [0.05, 0.1) is 16.6 Å². The first-order valence-corrected chi connectivity index (χ1v) is 10.7. The maximum atomic E-state index is 12.2. The fourth-order valence-corrected chi connectivity index (χ4v) is 4.39. The highest BCUT2D eigenvalue weighted by Crippen LogP contribution is 2.35. The average Bonchev–Trinajstić information content (AvgIpc) is 3.13. The molecule has 0 radical (unpaired) electrons. The largest absolute Gasteiger partial charge is 0.439 e. The van der Waals surface area contributed by atoms with Gasteiger partial charge in [0.25, 0.3) is 0 Å². The molecule has 0 fully saturated rings. The monoisotopic (exact) mass is 432 g/mol. The summed E-state index contributed by atoms with van der Waals surface area (Å²) in [5.41, 5.74) is 5.17. The topological polar surface area (TPSA) is 72.8 Å². The summed E-state index contributed by atoms with van der Waals surface area (Å²) in [5.74, 6) is 1.89. The van der Waals surface area contributed by atoms with Gasteiger partial charge in [-0.2, -0.15) is 0 Å². The Hall–Kier alpha value is -4.45. The fraction of sp³-hybridized carbons (Fsp3) is 0.0741. The van der Waals surface area contributed by atoms with E-state index >= 15 is 0 Å². The number of rotatable bonds is 3. The number of aryl methyl sites for hydroxylation is 2. The molecule has 0 atom stereocenters. The third-order valence-corrected chi connectivity index (χ3v) is 5.84. The van der Waals surface area contributed by atoms with Crippen LogP contribution in [0.3, 0.4) is 0 Å². The summed E-state index contributed by atoms with van der Waals surface area (Å²) >= 11 is 0. The second-order valence-corrected chi connectivity index (χ2v) is 8.17. The lowest BCUT2D eigenvalue weighted by atomic mass is 10.1. The van der Waals surface area contributed by atoms with Crippen LogP contribution in [0, 0.1) is 13.8 Å². The number of pyridine rings is 3. The van der Waals surface area contributed by atoms with Gasteiger partial charge >= 0.3 is 0 Å². The van der Waals surface area contributed by atoms with Gasteiger partial charge in [-0.05, 0) is 49.2 Å². The Kier molecular flexibility index (Phi) is 4.26. The van der Waals surface area contributed by atoms with Crippen LogP contribution < -0.4 is 10.2 Å². The zero-order valence-electron chi connectivity index (χ0n) is 18.2. The standard InChI is InChI=1S/C27H20N4O2/c1-16-13-17(2)27(29-15-16)31-22-6-4-3-5-19(22)20-8-7-18(14-23(20)31)33-25-10-9-21-26(30-25)24(32)11-12-28-21/h3-15H,1-2H3,(H,28,32). The minimum atomic E-state index is -0.148. The minimum Gasteiger partial charge on any atom is -0.439 e. The summed E-state index contributed by atoms with van der Waals surface area (Å²) in [6, 6.07) is 21.4. The van der Waals surface area contributed by atoms with Gasteiger partial charge in [-0.25, -0.2) is 9.97 Å². The lowest BCUT2D eigenvalue weighted by molar-refractivity contribution is 0.465. The molecule has 0 amide bonds. The average molecular weight is 432 g/mol. The van der Waals surface area contributed by atoms with Crippen molar-refractivity contribution in [3.05, 3.63) is 100 Å². The molecule has 4 aromatic heterocycles. The summed E-state index contributed by atoms with van der Waals surface area (Å²) in [4.78, 5) is 24.4. The first kappa shape index (κ1) is 19.3. The molecule has 0 spiro atoms. The van der Waals surface area contributed by atoms with Crippen LogP contribution in [0.1, 0.15) is 11.1 Å². The van der Waals surface area contributed by atoms with Crippen LogP contribution in [0.5, 0.6) is 11.6 Å². The Labute approximate surface area is 189 Å². The predicted molar refractivity (Wildman–Crippen MR) is 130 cm³/mol. The summed E-state index contributed by atoms with van der Waals surface area (Å²) in [6.07, 6.45) is 3.50. The Bertz CT molecular complexity index is 1750. The van der Waals surface area contributed by atoms with Crippen molar-refractivity contribution in [2.75, 3.05) is 0 Å². The SMILES string of the molecule is Cc1cnc(-n2c3ccccc3c3ccc(Oc4ccc5[nH]ccc(=O)c5n4)cc32)c(C)c1. The molecule has 0 saturated carbocycles. The van der Waals surface area contributed by atoms with E-state index in [1.54, 1.807) is 18.3 Å². The third-order valence-electron chi connectivity index (χ3n) is 5.84. The van der Waals surface area contributed by atoms with Gasteiger partial charge in [0.1, 0.15) is 17.1 Å². The first-order chi connectivity index (χ1) is 16.1. The van der Waals surface area contributed by atoms with E-state index in [4.69, 9.17) is 9.72 Å². The van der Waals surface area contributed by atoms with Crippen LogP contribution in [0.2, 0.25) is 0 Å². The van der Waals surface area contributed by atoms with E-state index in [1.165, 1.54) is 6.07 Å². The van der Waals surface area contributed by atoms with E-state index in [2.05, 4.69) is 45.7 Å². The van der Waals surface area contributed by atoms with Crippen molar-refractivity contribution < 1.29 is 4.74 Å². The molecule has 1 N–H and O–H groups in total. The molecular weight excluding hydrogens is 412 g/mol. The summed E-state index contributed by atoms with van der Waals surface area (Å²) < 4.78 is 8.26. The van der Waals surface area contributed by atoms with Crippen molar-refractivity contribution in [1.29, 1.82) is 0 Å². The molecule has 6 rings (SSSR count). The lowest BCUT2D eigenvalue weighted by Gasteiger charge is -2.11. The predicted octanol–water partition coefficient (Wildman–Crippen LogP) is 5.82. The number of nitrogens with one attached hydrogen (secondary N) is 1. The second-order valence-electron chi connectivity index (χ2n) is 8.17. The van der Waals surface area contributed by atoms with E-state index in [0.717, 1.165) is 38.8 Å². The molecule has 0 unspecified atom stereocenters. The molecular formula is C27H20N4O2. The van der Waals surface area contributed by atoms with Crippen molar-refractivity contribution in [2.45, 2.75) is 13.8 Å². The van der Waals surface area contributed by atoms with E-state index in [-0.39, 0.29) is 5.43 Å². The van der Waals surface area contributed by atoms with Crippen molar-refractivity contribution in [1.82, 2.24) is 19.5 Å². The molecule has 160 valence electrons. The third kappa shape index (κ3) is 3.15. The van der Waals surface area contributed by atoms with Crippen LogP contribution in [0.15, 0.2) is 83.9 Å². The number of hydrogen-bond acceptors (Lipinski definition) is 4. The zero-order valence-corrected chi connectivity index (χ0v) is 18.2. The smallest absolute Gasteiger partial charge is 0.220 e. The summed E-state index contributed by atoms with van der Waals surface area (Å²) in [6.45, 7) is 4.12. The van der Waals surface area contributed by atoms with Crippen molar-refractivity contribution in [3.63, 3.8) is 0 Å². The van der Waals surface area contributed by atoms with Gasteiger partial charge in [0.2, 0.25) is 11.3 Å². The number of para-hydroxylation sites is 1. The highest BCUT2D eigenvalue weighted by molar-refractivity contribution is 6.09. The number of aromatic amines is 1. The number of fused-ring (bicyclic) bond motifs is 4. The van der Waals surface area contributed by atoms with Crippen LogP contribution in [0.4, 0.5) is 0 Å². The van der Waals surface area contributed by atoms with Crippen molar-refractivity contribution in [2.24, 2.45) is 0 Å². The molecule has 0 aliphatic heterocycles. The quantitative estimate of drug-likeness (QED) is 0.382. The van der Waals surface area contributed by atoms with Crippen LogP contribution in [0.25, 0.3) is 38.7 Å². The molecule has 0 aliphatic carbocycles. The molecule has 0 saturated heterocycles. The van der Waals surface area contributed by atoms with E-state index < -0.39 is 0 Å². The van der Waals surface area contributed by atoms with Crippen LogP contribution >= 0.6 is 0 Å². The first-order valence-electron chi connectivity index (χ1n) is 10.7.